The number of amides is 1. The largest absolute Gasteiger partial charge is 0.502 e. The maximum absolute atomic E-state index is 12.5. The number of para-hydroxylation sites is 1. The molecule has 1 aromatic carbocycles. The summed E-state index contributed by atoms with van der Waals surface area (Å²) in [5.74, 6) is -0.899. The monoisotopic (exact) mass is 294 g/mol. The smallest absolute Gasteiger partial charge is 0.311 e. The number of phenolic OH excluding ortho intramolecular Hbond substituents is 1. The third-order valence-electron chi connectivity index (χ3n) is 3.29. The van der Waals surface area contributed by atoms with Gasteiger partial charge in [-0.05, 0) is 18.9 Å². The van der Waals surface area contributed by atoms with Gasteiger partial charge >= 0.3 is 5.69 Å². The van der Waals surface area contributed by atoms with Gasteiger partial charge in [0.15, 0.2) is 0 Å². The van der Waals surface area contributed by atoms with E-state index in [9.17, 15) is 20.0 Å². The van der Waals surface area contributed by atoms with E-state index in [4.69, 9.17) is 0 Å². The molecule has 0 atom stereocenters. The first-order valence-corrected chi connectivity index (χ1v) is 7.28. The number of rotatable bonds is 8. The van der Waals surface area contributed by atoms with Crippen molar-refractivity contribution in [3.05, 3.63) is 33.9 Å². The lowest BCUT2D eigenvalue weighted by atomic mass is 10.1. The highest BCUT2D eigenvalue weighted by Crippen LogP contribution is 2.30. The van der Waals surface area contributed by atoms with Crippen molar-refractivity contribution in [3.8, 4) is 5.75 Å². The number of carbonyl (C=O) groups excluding carboxylic acids is 1. The van der Waals surface area contributed by atoms with E-state index in [0.29, 0.717) is 13.1 Å². The molecule has 0 aliphatic carbocycles. The lowest BCUT2D eigenvalue weighted by Crippen LogP contribution is -2.33. The number of aromatic hydroxyl groups is 1. The molecule has 6 nitrogen and oxygen atoms in total. The molecule has 0 saturated carbocycles. The molecule has 1 amide bonds. The van der Waals surface area contributed by atoms with Gasteiger partial charge in [-0.15, -0.1) is 0 Å². The van der Waals surface area contributed by atoms with E-state index in [1.165, 1.54) is 18.2 Å². The Bertz CT molecular complexity index is 494. The fourth-order valence-electron chi connectivity index (χ4n) is 2.03. The standard InChI is InChI=1S/C15H22N2O4/c1-3-5-10-16(11-6-4-2)15(19)12-8-7-9-13(14(12)18)17(20)21/h7-9,18H,3-6,10-11H2,1-2H3. The molecule has 0 saturated heterocycles. The van der Waals surface area contributed by atoms with E-state index < -0.39 is 16.4 Å². The first kappa shape index (κ1) is 16.9. The van der Waals surface area contributed by atoms with Crippen LogP contribution < -0.4 is 0 Å². The number of nitro benzene ring substituents is 1. The number of hydrogen-bond donors (Lipinski definition) is 1. The molecule has 116 valence electrons. The van der Waals surface area contributed by atoms with Crippen LogP contribution in [-0.4, -0.2) is 33.9 Å². The lowest BCUT2D eigenvalue weighted by molar-refractivity contribution is -0.385. The predicted molar refractivity (Wildman–Crippen MR) is 80.5 cm³/mol. The van der Waals surface area contributed by atoms with Crippen LogP contribution in [0.4, 0.5) is 5.69 Å². The van der Waals surface area contributed by atoms with Crippen LogP contribution in [0.3, 0.4) is 0 Å². The van der Waals surface area contributed by atoms with Crippen molar-refractivity contribution in [3.63, 3.8) is 0 Å². The van der Waals surface area contributed by atoms with E-state index >= 15 is 0 Å². The molecule has 0 spiro atoms. The van der Waals surface area contributed by atoms with Gasteiger partial charge in [-0.1, -0.05) is 32.8 Å². The predicted octanol–water partition coefficient (Wildman–Crippen LogP) is 3.34. The Morgan fingerprint density at radius 3 is 2.29 bits per heavy atom. The Kier molecular flexibility index (Phi) is 6.65. The van der Waals surface area contributed by atoms with Crippen molar-refractivity contribution in [1.82, 2.24) is 4.90 Å². The molecule has 0 aliphatic heterocycles. The zero-order chi connectivity index (χ0) is 15.8. The average Bonchev–Trinajstić information content (AvgIpc) is 2.46. The van der Waals surface area contributed by atoms with Crippen LogP contribution in [0.15, 0.2) is 18.2 Å². The number of nitro groups is 1. The Morgan fingerprint density at radius 1 is 1.24 bits per heavy atom. The molecule has 0 aromatic heterocycles. The second-order valence-electron chi connectivity index (χ2n) is 4.93. The van der Waals surface area contributed by atoms with Gasteiger partial charge < -0.3 is 10.0 Å². The number of nitrogens with zero attached hydrogens (tertiary/aromatic N) is 2. The summed E-state index contributed by atoms with van der Waals surface area (Å²) in [5.41, 5.74) is -0.441. The van der Waals surface area contributed by atoms with Gasteiger partial charge in [0, 0.05) is 19.2 Å². The van der Waals surface area contributed by atoms with Crippen molar-refractivity contribution in [2.45, 2.75) is 39.5 Å². The molecule has 0 radical (unpaired) electrons. The van der Waals surface area contributed by atoms with Crippen LogP contribution in [0.25, 0.3) is 0 Å². The first-order chi connectivity index (χ1) is 10.0. The minimum atomic E-state index is -0.686. The minimum absolute atomic E-state index is 0.00333. The zero-order valence-electron chi connectivity index (χ0n) is 12.5. The third-order valence-corrected chi connectivity index (χ3v) is 3.29. The van der Waals surface area contributed by atoms with Gasteiger partial charge in [-0.25, -0.2) is 0 Å². The van der Waals surface area contributed by atoms with Gasteiger partial charge in [-0.2, -0.15) is 0 Å². The molecule has 0 aliphatic rings. The maximum atomic E-state index is 12.5. The normalized spacial score (nSPS) is 10.4. The van der Waals surface area contributed by atoms with Gasteiger partial charge in [0.2, 0.25) is 5.75 Å². The molecule has 1 rings (SSSR count). The van der Waals surface area contributed by atoms with E-state index in [1.54, 1.807) is 4.90 Å². The summed E-state index contributed by atoms with van der Waals surface area (Å²) >= 11 is 0. The molecule has 0 bridgehead atoms. The first-order valence-electron chi connectivity index (χ1n) is 7.28. The maximum Gasteiger partial charge on any atom is 0.311 e. The van der Waals surface area contributed by atoms with Gasteiger partial charge in [0.25, 0.3) is 5.91 Å². The van der Waals surface area contributed by atoms with Crippen molar-refractivity contribution in [2.75, 3.05) is 13.1 Å². The highest BCUT2D eigenvalue weighted by Gasteiger charge is 2.24. The van der Waals surface area contributed by atoms with Crippen LogP contribution in [0.5, 0.6) is 5.75 Å². The second kappa shape index (κ2) is 8.24. The fourth-order valence-corrected chi connectivity index (χ4v) is 2.03. The summed E-state index contributed by atoms with van der Waals surface area (Å²) in [6, 6.07) is 4.03. The molecule has 6 heteroatoms. The van der Waals surface area contributed by atoms with Crippen LogP contribution >= 0.6 is 0 Å². The van der Waals surface area contributed by atoms with Crippen molar-refractivity contribution < 1.29 is 14.8 Å². The highest BCUT2D eigenvalue weighted by atomic mass is 16.6. The van der Waals surface area contributed by atoms with Crippen LogP contribution in [-0.2, 0) is 0 Å². The Balaban J connectivity index is 3.02. The summed E-state index contributed by atoms with van der Waals surface area (Å²) < 4.78 is 0. The number of phenols is 1. The van der Waals surface area contributed by atoms with Crippen molar-refractivity contribution >= 4 is 11.6 Å². The topological polar surface area (TPSA) is 83.7 Å². The number of carbonyl (C=O) groups is 1. The van der Waals surface area contributed by atoms with Crippen molar-refractivity contribution in [2.24, 2.45) is 0 Å². The molecule has 0 heterocycles. The van der Waals surface area contributed by atoms with E-state index in [0.717, 1.165) is 25.7 Å². The second-order valence-corrected chi connectivity index (χ2v) is 4.93. The van der Waals surface area contributed by atoms with E-state index in [1.807, 2.05) is 13.8 Å². The fraction of sp³-hybridized carbons (Fsp3) is 0.533. The summed E-state index contributed by atoms with van der Waals surface area (Å²) in [5, 5.41) is 20.8. The summed E-state index contributed by atoms with van der Waals surface area (Å²) in [7, 11) is 0. The Labute approximate surface area is 124 Å². The summed E-state index contributed by atoms with van der Waals surface area (Å²) in [6.07, 6.45) is 3.64. The molecule has 1 N–H and O–H groups in total. The average molecular weight is 294 g/mol. The van der Waals surface area contributed by atoms with Crippen LogP contribution in [0.1, 0.15) is 49.9 Å². The number of unbranched alkanes of at least 4 members (excludes halogenated alkanes) is 2. The minimum Gasteiger partial charge on any atom is -0.502 e. The van der Waals surface area contributed by atoms with E-state index in [2.05, 4.69) is 0 Å². The molecular weight excluding hydrogens is 272 g/mol. The number of benzene rings is 1. The van der Waals surface area contributed by atoms with Gasteiger partial charge in [0.1, 0.15) is 0 Å². The lowest BCUT2D eigenvalue weighted by Gasteiger charge is -2.22. The van der Waals surface area contributed by atoms with Gasteiger partial charge in [-0.3, -0.25) is 14.9 Å². The molecule has 0 fully saturated rings. The van der Waals surface area contributed by atoms with E-state index in [-0.39, 0.29) is 11.5 Å². The van der Waals surface area contributed by atoms with Crippen LogP contribution in [0, 0.1) is 10.1 Å². The molecule has 21 heavy (non-hydrogen) atoms. The molecule has 1 aromatic rings. The highest BCUT2D eigenvalue weighted by molar-refractivity contribution is 5.98. The molecular formula is C15H22N2O4. The Hall–Kier alpha value is -2.11. The third kappa shape index (κ3) is 4.44. The molecule has 0 unspecified atom stereocenters. The van der Waals surface area contributed by atoms with Crippen molar-refractivity contribution in [1.29, 1.82) is 0 Å². The SMILES string of the molecule is CCCCN(CCCC)C(=O)c1cccc([N+](=O)[O-])c1O. The number of hydrogen-bond acceptors (Lipinski definition) is 4. The van der Waals surface area contributed by atoms with Crippen LogP contribution in [0.2, 0.25) is 0 Å². The van der Waals surface area contributed by atoms with Gasteiger partial charge in [0.05, 0.1) is 10.5 Å². The zero-order valence-corrected chi connectivity index (χ0v) is 12.5. The summed E-state index contributed by atoms with van der Waals surface area (Å²) in [4.78, 5) is 24.3. The summed E-state index contributed by atoms with van der Waals surface area (Å²) in [6.45, 7) is 5.26. The Morgan fingerprint density at radius 2 is 1.81 bits per heavy atom. The quantitative estimate of drug-likeness (QED) is 0.588.